The van der Waals surface area contributed by atoms with Gasteiger partial charge in [0.05, 0.1) is 0 Å². The van der Waals surface area contributed by atoms with Gasteiger partial charge in [0.25, 0.3) is 0 Å². The van der Waals surface area contributed by atoms with E-state index in [0.717, 1.165) is 11.6 Å². The summed E-state index contributed by atoms with van der Waals surface area (Å²) in [5.74, 6) is -0.0511. The van der Waals surface area contributed by atoms with Crippen LogP contribution in [0.25, 0.3) is 22.3 Å². The molecule has 1 heterocycles. The first-order chi connectivity index (χ1) is 10.6. The number of phenols is 2. The van der Waals surface area contributed by atoms with Crippen molar-refractivity contribution in [3.05, 3.63) is 58.8 Å². The number of aliphatic hydroxyl groups is 1. The normalized spacial score (nSPS) is 10.1. The summed E-state index contributed by atoms with van der Waals surface area (Å²) < 4.78 is 5.57. The third-order valence-corrected chi connectivity index (χ3v) is 2.85. The Morgan fingerprint density at radius 2 is 1.68 bits per heavy atom. The van der Waals surface area contributed by atoms with Crippen molar-refractivity contribution < 1.29 is 19.7 Å². The molecular weight excluding hydrogens is 284 g/mol. The van der Waals surface area contributed by atoms with Gasteiger partial charge < -0.3 is 19.7 Å². The van der Waals surface area contributed by atoms with Crippen molar-refractivity contribution in [2.75, 3.05) is 6.61 Å². The zero-order valence-electron chi connectivity index (χ0n) is 12.0. The second-order valence-corrected chi connectivity index (χ2v) is 4.50. The highest BCUT2D eigenvalue weighted by molar-refractivity contribution is 5.85. The first-order valence-electron chi connectivity index (χ1n) is 6.73. The van der Waals surface area contributed by atoms with Gasteiger partial charge in [0.1, 0.15) is 28.2 Å². The first kappa shape index (κ1) is 15.6. The molecule has 0 aliphatic carbocycles. The van der Waals surface area contributed by atoms with E-state index >= 15 is 0 Å². The molecule has 0 fully saturated rings. The van der Waals surface area contributed by atoms with Crippen LogP contribution < -0.4 is 5.43 Å². The third-order valence-electron chi connectivity index (χ3n) is 2.85. The maximum absolute atomic E-state index is 12.0. The molecule has 3 rings (SSSR count). The fourth-order valence-corrected chi connectivity index (χ4v) is 2.00. The quantitative estimate of drug-likeness (QED) is 0.643. The standard InChI is InChI=1S/C15H10O4.C2H6O/c16-10-6-11(17)15-12(18)8-13(19-14(15)7-10)9-4-2-1-3-5-9;1-2-3/h1-8,16-17H;3H,2H2,1H3. The number of hydrogen-bond donors (Lipinski definition) is 3. The van der Waals surface area contributed by atoms with E-state index in [9.17, 15) is 15.0 Å². The fraction of sp³-hybridized carbons (Fsp3) is 0.118. The lowest BCUT2D eigenvalue weighted by molar-refractivity contribution is 0.318. The van der Waals surface area contributed by atoms with Crippen molar-refractivity contribution in [1.82, 2.24) is 0 Å². The molecule has 0 spiro atoms. The molecule has 3 N–H and O–H groups in total. The minimum absolute atomic E-state index is 0.0671. The molecule has 114 valence electrons. The van der Waals surface area contributed by atoms with Gasteiger partial charge >= 0.3 is 0 Å². The van der Waals surface area contributed by atoms with E-state index in [4.69, 9.17) is 9.52 Å². The molecular formula is C17H16O5. The Labute approximate surface area is 126 Å². The molecule has 1 aromatic heterocycles. The van der Waals surface area contributed by atoms with Gasteiger partial charge in [0.15, 0.2) is 5.43 Å². The zero-order chi connectivity index (χ0) is 16.1. The Hall–Kier alpha value is -2.79. The molecule has 0 atom stereocenters. The topological polar surface area (TPSA) is 90.9 Å². The number of fused-ring (bicyclic) bond motifs is 1. The minimum Gasteiger partial charge on any atom is -0.508 e. The molecule has 0 aliphatic rings. The summed E-state index contributed by atoms with van der Waals surface area (Å²) >= 11 is 0. The molecule has 0 amide bonds. The SMILES string of the molecule is CCO.O=c1cc(-c2ccccc2)oc2cc(O)cc(O)c12. The van der Waals surface area contributed by atoms with Gasteiger partial charge in [-0.2, -0.15) is 0 Å². The summed E-state index contributed by atoms with van der Waals surface area (Å²) in [6.45, 7) is 1.93. The Morgan fingerprint density at radius 1 is 1.05 bits per heavy atom. The van der Waals surface area contributed by atoms with E-state index in [1.165, 1.54) is 12.1 Å². The van der Waals surface area contributed by atoms with E-state index in [1.54, 1.807) is 6.92 Å². The van der Waals surface area contributed by atoms with Crippen LogP contribution in [0.4, 0.5) is 0 Å². The monoisotopic (exact) mass is 300 g/mol. The largest absolute Gasteiger partial charge is 0.508 e. The number of phenolic OH excluding ortho intramolecular Hbond substituents is 2. The van der Waals surface area contributed by atoms with Crippen LogP contribution in [0.15, 0.2) is 57.7 Å². The summed E-state index contributed by atoms with van der Waals surface area (Å²) in [4.78, 5) is 12.0. The van der Waals surface area contributed by atoms with E-state index in [1.807, 2.05) is 30.3 Å². The number of aliphatic hydroxyl groups excluding tert-OH is 1. The average Bonchev–Trinajstić information content (AvgIpc) is 2.47. The van der Waals surface area contributed by atoms with E-state index in [-0.39, 0.29) is 34.5 Å². The fourth-order valence-electron chi connectivity index (χ4n) is 2.00. The van der Waals surface area contributed by atoms with Crippen LogP contribution in [0.2, 0.25) is 0 Å². The second kappa shape index (κ2) is 6.78. The molecule has 0 unspecified atom stereocenters. The van der Waals surface area contributed by atoms with E-state index in [2.05, 4.69) is 0 Å². The summed E-state index contributed by atoms with van der Waals surface area (Å²) in [5, 5.41) is 26.8. The van der Waals surface area contributed by atoms with Crippen LogP contribution >= 0.6 is 0 Å². The van der Waals surface area contributed by atoms with Crippen LogP contribution in [-0.4, -0.2) is 21.9 Å². The number of benzene rings is 2. The highest BCUT2D eigenvalue weighted by Crippen LogP contribution is 2.30. The molecule has 0 saturated carbocycles. The Balaban J connectivity index is 0.000000545. The van der Waals surface area contributed by atoms with Crippen molar-refractivity contribution in [3.63, 3.8) is 0 Å². The van der Waals surface area contributed by atoms with Crippen LogP contribution in [0.1, 0.15) is 6.92 Å². The number of rotatable bonds is 1. The highest BCUT2D eigenvalue weighted by Gasteiger charge is 2.11. The summed E-state index contributed by atoms with van der Waals surface area (Å²) in [7, 11) is 0. The number of hydrogen-bond acceptors (Lipinski definition) is 5. The maximum Gasteiger partial charge on any atom is 0.197 e. The van der Waals surface area contributed by atoms with Crippen molar-refractivity contribution in [2.24, 2.45) is 0 Å². The predicted molar refractivity (Wildman–Crippen MR) is 84.0 cm³/mol. The smallest absolute Gasteiger partial charge is 0.197 e. The first-order valence-corrected chi connectivity index (χ1v) is 6.73. The summed E-state index contributed by atoms with van der Waals surface area (Å²) in [6, 6.07) is 12.9. The van der Waals surface area contributed by atoms with Gasteiger partial charge in [-0.1, -0.05) is 30.3 Å². The third kappa shape index (κ3) is 3.27. The van der Waals surface area contributed by atoms with Crippen LogP contribution in [0.3, 0.4) is 0 Å². The maximum atomic E-state index is 12.0. The predicted octanol–water partition coefficient (Wildman–Crippen LogP) is 2.87. The van der Waals surface area contributed by atoms with E-state index in [0.29, 0.717) is 5.76 Å². The van der Waals surface area contributed by atoms with Crippen molar-refractivity contribution in [2.45, 2.75) is 6.92 Å². The van der Waals surface area contributed by atoms with Gasteiger partial charge in [-0.3, -0.25) is 4.79 Å². The summed E-state index contributed by atoms with van der Waals surface area (Å²) in [5.41, 5.74) is 0.561. The van der Waals surface area contributed by atoms with Crippen LogP contribution in [-0.2, 0) is 0 Å². The van der Waals surface area contributed by atoms with Gasteiger partial charge in [0, 0.05) is 30.4 Å². The van der Waals surface area contributed by atoms with Crippen LogP contribution in [0, 0.1) is 0 Å². The Bertz CT molecular complexity index is 822. The molecule has 5 heteroatoms. The lowest BCUT2D eigenvalue weighted by atomic mass is 10.1. The molecule has 0 radical (unpaired) electrons. The Morgan fingerprint density at radius 3 is 2.32 bits per heavy atom. The number of aromatic hydroxyl groups is 2. The van der Waals surface area contributed by atoms with E-state index < -0.39 is 0 Å². The van der Waals surface area contributed by atoms with Gasteiger partial charge in [-0.25, -0.2) is 0 Å². The molecule has 2 aromatic carbocycles. The Kier molecular flexibility index (Phi) is 4.80. The molecule has 22 heavy (non-hydrogen) atoms. The lowest BCUT2D eigenvalue weighted by Gasteiger charge is -2.04. The molecule has 0 saturated heterocycles. The molecule has 0 bridgehead atoms. The molecule has 0 aliphatic heterocycles. The zero-order valence-corrected chi connectivity index (χ0v) is 12.0. The van der Waals surface area contributed by atoms with Crippen molar-refractivity contribution >= 4 is 11.0 Å². The molecule has 3 aromatic rings. The van der Waals surface area contributed by atoms with Crippen LogP contribution in [0.5, 0.6) is 11.5 Å². The van der Waals surface area contributed by atoms with Gasteiger partial charge in [-0.05, 0) is 6.92 Å². The summed E-state index contributed by atoms with van der Waals surface area (Å²) in [6.07, 6.45) is 0. The van der Waals surface area contributed by atoms with Gasteiger partial charge in [-0.15, -0.1) is 0 Å². The highest BCUT2D eigenvalue weighted by atomic mass is 16.3. The second-order valence-electron chi connectivity index (χ2n) is 4.50. The average molecular weight is 300 g/mol. The van der Waals surface area contributed by atoms with Crippen molar-refractivity contribution in [3.8, 4) is 22.8 Å². The van der Waals surface area contributed by atoms with Crippen molar-refractivity contribution in [1.29, 1.82) is 0 Å². The lowest BCUT2D eigenvalue weighted by Crippen LogP contribution is -2.00. The van der Waals surface area contributed by atoms with Gasteiger partial charge in [0.2, 0.25) is 0 Å². The minimum atomic E-state index is -0.349. The molecule has 5 nitrogen and oxygen atoms in total.